The molecule has 1 aliphatic rings. The maximum atomic E-state index is 14.1. The molecule has 6 nitrogen and oxygen atoms in total. The second kappa shape index (κ2) is 12.3. The van der Waals surface area contributed by atoms with E-state index < -0.39 is 0 Å². The minimum absolute atomic E-state index is 0.0412. The Bertz CT molecular complexity index is 1710. The van der Waals surface area contributed by atoms with E-state index in [0.29, 0.717) is 36.5 Å². The summed E-state index contributed by atoms with van der Waals surface area (Å²) in [5.41, 5.74) is 3.85. The number of benzene rings is 3. The summed E-state index contributed by atoms with van der Waals surface area (Å²) in [6.45, 7) is 5.08. The summed E-state index contributed by atoms with van der Waals surface area (Å²) in [5.74, 6) is 0.0167. The standard InChI is InChI=1S/C34H33N3O3S2/c1-34(2)20-26-27(21-40-34)42-31-29(26)32(39)37(19-18-23-12-6-3-7-13-23)33(36-31)41-22-28(38)35-30(24-14-8-4-9-15-24)25-16-10-5-11-17-25/h3-17,30H,18-22H2,1-2H3,(H,35,38). The average molecular weight is 596 g/mol. The lowest BCUT2D eigenvalue weighted by molar-refractivity contribution is -0.119. The molecule has 2 aromatic heterocycles. The Morgan fingerprint density at radius 2 is 1.62 bits per heavy atom. The van der Waals surface area contributed by atoms with Crippen LogP contribution in [0.25, 0.3) is 10.2 Å². The number of nitrogens with one attached hydrogen (secondary N) is 1. The first kappa shape index (κ1) is 28.4. The van der Waals surface area contributed by atoms with Crippen LogP contribution in [0.2, 0.25) is 0 Å². The Balaban J connectivity index is 1.29. The first-order chi connectivity index (χ1) is 20.4. The molecular weight excluding hydrogens is 563 g/mol. The van der Waals surface area contributed by atoms with Crippen LogP contribution in [-0.4, -0.2) is 26.8 Å². The highest BCUT2D eigenvalue weighted by atomic mass is 32.2. The second-order valence-corrected chi connectivity index (χ2v) is 13.1. The molecule has 6 rings (SSSR count). The first-order valence-corrected chi connectivity index (χ1v) is 15.9. The van der Waals surface area contributed by atoms with Crippen molar-refractivity contribution in [2.45, 2.75) is 56.6 Å². The average Bonchev–Trinajstić information content (AvgIpc) is 3.36. The number of nitrogens with zero attached hydrogens (tertiary/aromatic N) is 2. The van der Waals surface area contributed by atoms with Crippen LogP contribution < -0.4 is 10.9 Å². The van der Waals surface area contributed by atoms with E-state index >= 15 is 0 Å². The summed E-state index contributed by atoms with van der Waals surface area (Å²) in [6.07, 6.45) is 1.37. The molecule has 42 heavy (non-hydrogen) atoms. The smallest absolute Gasteiger partial charge is 0.263 e. The summed E-state index contributed by atoms with van der Waals surface area (Å²) < 4.78 is 7.79. The van der Waals surface area contributed by atoms with Gasteiger partial charge in [-0.3, -0.25) is 14.2 Å². The van der Waals surface area contributed by atoms with Crippen molar-refractivity contribution in [1.82, 2.24) is 14.9 Å². The van der Waals surface area contributed by atoms with Gasteiger partial charge in [0, 0.05) is 17.8 Å². The van der Waals surface area contributed by atoms with Crippen molar-refractivity contribution in [3.05, 3.63) is 128 Å². The predicted octanol–water partition coefficient (Wildman–Crippen LogP) is 6.55. The number of amides is 1. The zero-order valence-corrected chi connectivity index (χ0v) is 25.3. The Labute approximate surface area is 253 Å². The van der Waals surface area contributed by atoms with E-state index in [0.717, 1.165) is 32.0 Å². The maximum absolute atomic E-state index is 14.1. The SMILES string of the molecule is CC1(C)Cc2c(sc3nc(SCC(=O)NC(c4ccccc4)c4ccccc4)n(CCc4ccccc4)c(=O)c23)CO1. The van der Waals surface area contributed by atoms with Gasteiger partial charge in [0.25, 0.3) is 5.56 Å². The van der Waals surface area contributed by atoms with Crippen LogP contribution in [0.3, 0.4) is 0 Å². The van der Waals surface area contributed by atoms with Crippen LogP contribution >= 0.6 is 23.1 Å². The van der Waals surface area contributed by atoms with Gasteiger partial charge in [0.1, 0.15) is 4.83 Å². The molecule has 0 fully saturated rings. The molecule has 0 atom stereocenters. The Morgan fingerprint density at radius 3 is 2.26 bits per heavy atom. The lowest BCUT2D eigenvalue weighted by Gasteiger charge is -2.29. The fourth-order valence-electron chi connectivity index (χ4n) is 5.38. The monoisotopic (exact) mass is 595 g/mol. The molecule has 1 N–H and O–H groups in total. The lowest BCUT2D eigenvalue weighted by atomic mass is 9.94. The zero-order chi connectivity index (χ0) is 29.1. The molecule has 1 amide bonds. The quantitative estimate of drug-likeness (QED) is 0.155. The van der Waals surface area contributed by atoms with E-state index in [1.54, 1.807) is 4.57 Å². The van der Waals surface area contributed by atoms with Crippen molar-refractivity contribution in [3.63, 3.8) is 0 Å². The van der Waals surface area contributed by atoms with Gasteiger partial charge in [0.15, 0.2) is 5.16 Å². The Hall–Kier alpha value is -3.72. The van der Waals surface area contributed by atoms with Crippen molar-refractivity contribution in [1.29, 1.82) is 0 Å². The van der Waals surface area contributed by atoms with Gasteiger partial charge in [-0.05, 0) is 42.5 Å². The van der Waals surface area contributed by atoms with Gasteiger partial charge in [-0.15, -0.1) is 11.3 Å². The van der Waals surface area contributed by atoms with E-state index in [2.05, 4.69) is 31.3 Å². The molecule has 0 aliphatic carbocycles. The molecule has 0 bridgehead atoms. The summed E-state index contributed by atoms with van der Waals surface area (Å²) in [5, 5.41) is 4.47. The molecule has 0 saturated carbocycles. The van der Waals surface area contributed by atoms with Gasteiger partial charge in [-0.1, -0.05) is 103 Å². The molecule has 3 aromatic carbocycles. The van der Waals surface area contributed by atoms with E-state index in [1.807, 2.05) is 78.9 Å². The molecule has 1 aliphatic heterocycles. The third-order valence-electron chi connectivity index (χ3n) is 7.53. The lowest BCUT2D eigenvalue weighted by Crippen LogP contribution is -2.32. The summed E-state index contributed by atoms with van der Waals surface area (Å²) in [4.78, 5) is 34.2. The summed E-state index contributed by atoms with van der Waals surface area (Å²) >= 11 is 2.84. The molecule has 0 radical (unpaired) electrons. The summed E-state index contributed by atoms with van der Waals surface area (Å²) in [6, 6.07) is 29.8. The number of thiophene rings is 1. The minimum atomic E-state index is -0.331. The molecule has 5 aromatic rings. The zero-order valence-electron chi connectivity index (χ0n) is 23.7. The minimum Gasteiger partial charge on any atom is -0.370 e. The van der Waals surface area contributed by atoms with Crippen molar-refractivity contribution in [3.8, 4) is 0 Å². The number of hydrogen-bond acceptors (Lipinski definition) is 6. The number of aryl methyl sites for hydroxylation is 1. The molecule has 0 saturated heterocycles. The maximum Gasteiger partial charge on any atom is 0.263 e. The number of carbonyl (C=O) groups excluding carboxylic acids is 1. The van der Waals surface area contributed by atoms with Gasteiger partial charge in [0.2, 0.25) is 5.91 Å². The van der Waals surface area contributed by atoms with Crippen LogP contribution in [0.5, 0.6) is 0 Å². The van der Waals surface area contributed by atoms with Gasteiger partial charge in [0.05, 0.1) is 29.4 Å². The van der Waals surface area contributed by atoms with Gasteiger partial charge in [-0.2, -0.15) is 0 Å². The van der Waals surface area contributed by atoms with Crippen LogP contribution in [0.1, 0.15) is 47.0 Å². The van der Waals surface area contributed by atoms with Crippen LogP contribution in [0.4, 0.5) is 0 Å². The van der Waals surface area contributed by atoms with E-state index in [-0.39, 0.29) is 28.9 Å². The molecule has 214 valence electrons. The Kier molecular flexibility index (Phi) is 8.29. The topological polar surface area (TPSA) is 73.2 Å². The van der Waals surface area contributed by atoms with Gasteiger partial charge in [-0.25, -0.2) is 4.98 Å². The number of ether oxygens (including phenoxy) is 1. The third kappa shape index (κ3) is 6.21. The molecular formula is C34H33N3O3S2. The van der Waals surface area contributed by atoms with Crippen LogP contribution in [0, 0.1) is 0 Å². The third-order valence-corrected chi connectivity index (χ3v) is 9.60. The largest absolute Gasteiger partial charge is 0.370 e. The van der Waals surface area contributed by atoms with Crippen molar-refractivity contribution in [2.75, 3.05) is 5.75 Å². The second-order valence-electron chi connectivity index (χ2n) is 11.1. The number of carbonyl (C=O) groups is 1. The van der Waals surface area contributed by atoms with E-state index in [4.69, 9.17) is 9.72 Å². The van der Waals surface area contributed by atoms with Gasteiger partial charge >= 0.3 is 0 Å². The fraction of sp³-hybridized carbons (Fsp3) is 0.265. The van der Waals surface area contributed by atoms with E-state index in [9.17, 15) is 9.59 Å². The number of hydrogen-bond donors (Lipinski definition) is 1. The number of thioether (sulfide) groups is 1. The Morgan fingerprint density at radius 1 is 1.00 bits per heavy atom. The number of fused-ring (bicyclic) bond motifs is 3. The highest BCUT2D eigenvalue weighted by molar-refractivity contribution is 7.99. The molecule has 0 spiro atoms. The molecule has 8 heteroatoms. The van der Waals surface area contributed by atoms with Crippen LogP contribution in [0.15, 0.2) is 101 Å². The predicted molar refractivity (Wildman–Crippen MR) is 170 cm³/mol. The first-order valence-electron chi connectivity index (χ1n) is 14.1. The van der Waals surface area contributed by atoms with Crippen molar-refractivity contribution >= 4 is 39.2 Å². The number of aromatic nitrogens is 2. The van der Waals surface area contributed by atoms with Gasteiger partial charge < -0.3 is 10.1 Å². The molecule has 0 unspecified atom stereocenters. The fourth-order valence-corrected chi connectivity index (χ4v) is 7.36. The number of rotatable bonds is 9. The van der Waals surface area contributed by atoms with E-state index in [1.165, 1.54) is 23.1 Å². The van der Waals surface area contributed by atoms with Crippen molar-refractivity contribution in [2.24, 2.45) is 0 Å². The summed E-state index contributed by atoms with van der Waals surface area (Å²) in [7, 11) is 0. The highest BCUT2D eigenvalue weighted by Gasteiger charge is 2.31. The highest BCUT2D eigenvalue weighted by Crippen LogP contribution is 2.37. The normalized spacial score (nSPS) is 14.2. The van der Waals surface area contributed by atoms with Crippen LogP contribution in [-0.2, 0) is 35.5 Å². The molecule has 3 heterocycles. The van der Waals surface area contributed by atoms with Crippen molar-refractivity contribution < 1.29 is 9.53 Å².